The van der Waals surface area contributed by atoms with Gasteiger partial charge < -0.3 is 20.8 Å². The van der Waals surface area contributed by atoms with Crippen molar-refractivity contribution in [3.05, 3.63) is 9.93 Å². The largest absolute Gasteiger partial charge is 0.477 e. The first-order chi connectivity index (χ1) is 10.5. The van der Waals surface area contributed by atoms with Crippen LogP contribution in [0.3, 0.4) is 0 Å². The fourth-order valence-electron chi connectivity index (χ4n) is 2.86. The van der Waals surface area contributed by atoms with E-state index in [0.717, 1.165) is 26.2 Å². The molecule has 2 saturated heterocycles. The van der Waals surface area contributed by atoms with Crippen LogP contribution >= 0.6 is 23.5 Å². The summed E-state index contributed by atoms with van der Waals surface area (Å²) in [6.45, 7) is 4.01. The Morgan fingerprint density at radius 2 is 2.27 bits per heavy atom. The minimum absolute atomic E-state index is 0.0825. The Morgan fingerprint density at radius 1 is 1.50 bits per heavy atom. The maximum atomic E-state index is 12.1. The van der Waals surface area contributed by atoms with Crippen LogP contribution in [0.2, 0.25) is 0 Å². The summed E-state index contributed by atoms with van der Waals surface area (Å²) in [7, 11) is 0. The molecule has 1 amide bonds. The number of hydrogen-bond acceptors (Lipinski definition) is 7. The number of β-lactam (4-membered cyclic amide) rings is 1. The van der Waals surface area contributed by atoms with Crippen LogP contribution in [0.1, 0.15) is 13.3 Å². The molecule has 3 rings (SSSR count). The lowest BCUT2D eigenvalue weighted by Crippen LogP contribution is -2.60. The normalized spacial score (nSPS) is 33.3. The number of carbonyl (C=O) groups excluding carboxylic acids is 1. The predicted molar refractivity (Wildman–Crippen MR) is 84.9 cm³/mol. The number of aliphatic carboxylic acids is 1. The van der Waals surface area contributed by atoms with Crippen molar-refractivity contribution in [1.29, 1.82) is 0 Å². The van der Waals surface area contributed by atoms with Crippen molar-refractivity contribution in [3.8, 4) is 0 Å². The lowest BCUT2D eigenvalue weighted by Gasteiger charge is -2.43. The third-order valence-electron chi connectivity index (χ3n) is 4.01. The van der Waals surface area contributed by atoms with E-state index >= 15 is 0 Å². The van der Waals surface area contributed by atoms with E-state index in [1.807, 2.05) is 0 Å². The van der Waals surface area contributed by atoms with E-state index in [4.69, 9.17) is 0 Å². The molecule has 2 fully saturated rings. The SMILES string of the molecule is CC(O)C1C(=O)N2C(C(=O)O)=C(SC3CCNCNC3)S[C@H]12. The molecule has 3 unspecified atom stereocenters. The van der Waals surface area contributed by atoms with Crippen molar-refractivity contribution in [2.45, 2.75) is 30.1 Å². The third kappa shape index (κ3) is 2.76. The van der Waals surface area contributed by atoms with Crippen molar-refractivity contribution in [3.63, 3.8) is 0 Å². The number of aliphatic hydroxyl groups excluding tert-OH is 1. The van der Waals surface area contributed by atoms with Gasteiger partial charge in [0.05, 0.1) is 16.3 Å². The fourth-order valence-corrected chi connectivity index (χ4v) is 6.14. The van der Waals surface area contributed by atoms with Gasteiger partial charge in [0.15, 0.2) is 5.70 Å². The second-order valence-corrected chi connectivity index (χ2v) is 8.28. The molecular weight excluding hydrogens is 326 g/mol. The number of carboxylic acids is 1. The molecule has 4 atom stereocenters. The second kappa shape index (κ2) is 6.40. The molecule has 3 aliphatic rings. The summed E-state index contributed by atoms with van der Waals surface area (Å²) in [6.07, 6.45) is 0.178. The molecule has 0 aliphatic carbocycles. The Morgan fingerprint density at radius 3 is 2.95 bits per heavy atom. The average molecular weight is 345 g/mol. The molecule has 3 heterocycles. The summed E-state index contributed by atoms with van der Waals surface area (Å²) in [4.78, 5) is 25.0. The number of nitrogens with one attached hydrogen (secondary N) is 2. The standard InChI is InChI=1S/C13H19N3O4S2/c1-6(17)8-10(18)16-9(12(19)20)13(22-11(8)16)21-7-2-3-14-5-15-4-7/h6-8,11,14-15,17H,2-5H2,1H3,(H,19,20)/t6?,7?,8?,11-/m1/s1. The van der Waals surface area contributed by atoms with E-state index in [0.29, 0.717) is 4.24 Å². The van der Waals surface area contributed by atoms with E-state index in [1.165, 1.54) is 28.4 Å². The molecular formula is C13H19N3O4S2. The molecule has 0 saturated carbocycles. The van der Waals surface area contributed by atoms with Crippen LogP contribution in [0, 0.1) is 5.92 Å². The van der Waals surface area contributed by atoms with Gasteiger partial charge in [-0.15, -0.1) is 11.8 Å². The van der Waals surface area contributed by atoms with Crippen molar-refractivity contribution in [2.24, 2.45) is 5.92 Å². The van der Waals surface area contributed by atoms with Crippen molar-refractivity contribution in [1.82, 2.24) is 15.5 Å². The molecule has 0 aromatic rings. The summed E-state index contributed by atoms with van der Waals surface area (Å²) in [5, 5.41) is 25.7. The van der Waals surface area contributed by atoms with Gasteiger partial charge in [-0.25, -0.2) is 4.79 Å². The Hall–Kier alpha value is -0.740. The number of amides is 1. The van der Waals surface area contributed by atoms with Crippen LogP contribution in [0.25, 0.3) is 0 Å². The zero-order chi connectivity index (χ0) is 15.9. The van der Waals surface area contributed by atoms with Crippen LogP contribution in [-0.4, -0.2) is 63.5 Å². The van der Waals surface area contributed by atoms with Crippen molar-refractivity contribution >= 4 is 35.4 Å². The van der Waals surface area contributed by atoms with Crippen LogP contribution in [-0.2, 0) is 9.59 Å². The van der Waals surface area contributed by atoms with Gasteiger partial charge in [0, 0.05) is 18.5 Å². The van der Waals surface area contributed by atoms with Gasteiger partial charge in [-0.05, 0) is 19.9 Å². The second-order valence-electron chi connectivity index (χ2n) is 5.58. The first-order valence-electron chi connectivity index (χ1n) is 7.24. The first-order valence-corrected chi connectivity index (χ1v) is 9.00. The van der Waals surface area contributed by atoms with Crippen LogP contribution in [0.4, 0.5) is 0 Å². The monoisotopic (exact) mass is 345 g/mol. The fraction of sp³-hybridized carbons (Fsp3) is 0.692. The highest BCUT2D eigenvalue weighted by Crippen LogP contribution is 2.54. The molecule has 0 spiro atoms. The first kappa shape index (κ1) is 16.1. The molecule has 22 heavy (non-hydrogen) atoms. The number of carboxylic acid groups (broad SMARTS) is 1. The van der Waals surface area contributed by atoms with E-state index < -0.39 is 18.0 Å². The number of hydrogen-bond donors (Lipinski definition) is 4. The summed E-state index contributed by atoms with van der Waals surface area (Å²) in [5.41, 5.74) is 0.0825. The zero-order valence-electron chi connectivity index (χ0n) is 12.1. The molecule has 0 aromatic heterocycles. The van der Waals surface area contributed by atoms with Gasteiger partial charge in [-0.2, -0.15) is 0 Å². The molecule has 122 valence electrons. The number of nitrogens with zero attached hydrogens (tertiary/aromatic N) is 1. The minimum atomic E-state index is -1.07. The maximum Gasteiger partial charge on any atom is 0.354 e. The van der Waals surface area contributed by atoms with Gasteiger partial charge in [0.25, 0.3) is 0 Å². The molecule has 0 radical (unpaired) electrons. The molecule has 7 nitrogen and oxygen atoms in total. The molecule has 9 heteroatoms. The minimum Gasteiger partial charge on any atom is -0.477 e. The third-order valence-corrected chi connectivity index (χ3v) is 6.88. The number of carbonyl (C=O) groups is 2. The molecule has 3 aliphatic heterocycles. The summed E-state index contributed by atoms with van der Waals surface area (Å²) in [5.74, 6) is -1.87. The lowest BCUT2D eigenvalue weighted by atomic mass is 9.92. The number of fused-ring (bicyclic) bond motifs is 1. The summed E-state index contributed by atoms with van der Waals surface area (Å²) < 4.78 is 0.683. The van der Waals surface area contributed by atoms with Gasteiger partial charge in [-0.1, -0.05) is 11.8 Å². The predicted octanol–water partition coefficient (Wildman–Crippen LogP) is -0.206. The van der Waals surface area contributed by atoms with E-state index in [1.54, 1.807) is 6.92 Å². The summed E-state index contributed by atoms with van der Waals surface area (Å²) in [6, 6.07) is 0. The van der Waals surface area contributed by atoms with Gasteiger partial charge in [-0.3, -0.25) is 9.69 Å². The average Bonchev–Trinajstić information content (AvgIpc) is 2.60. The Balaban J connectivity index is 1.77. The summed E-state index contributed by atoms with van der Waals surface area (Å²) >= 11 is 2.92. The van der Waals surface area contributed by atoms with Crippen LogP contribution in [0.15, 0.2) is 9.93 Å². The quantitative estimate of drug-likeness (QED) is 0.520. The van der Waals surface area contributed by atoms with E-state index in [-0.39, 0.29) is 22.2 Å². The number of aliphatic hydroxyl groups is 1. The van der Waals surface area contributed by atoms with Crippen molar-refractivity contribution in [2.75, 3.05) is 19.8 Å². The highest BCUT2D eigenvalue weighted by Gasteiger charge is 2.57. The smallest absolute Gasteiger partial charge is 0.354 e. The Kier molecular flexibility index (Phi) is 4.69. The lowest BCUT2D eigenvalue weighted by molar-refractivity contribution is -0.156. The van der Waals surface area contributed by atoms with Crippen LogP contribution in [0.5, 0.6) is 0 Å². The van der Waals surface area contributed by atoms with Gasteiger partial charge in [0.2, 0.25) is 5.91 Å². The van der Waals surface area contributed by atoms with E-state index in [9.17, 15) is 19.8 Å². The Labute approximate surface area is 136 Å². The topological polar surface area (TPSA) is 102 Å². The number of thioether (sulfide) groups is 2. The molecule has 0 aromatic carbocycles. The maximum absolute atomic E-state index is 12.1. The van der Waals surface area contributed by atoms with E-state index in [2.05, 4.69) is 10.6 Å². The number of rotatable bonds is 4. The molecule has 0 bridgehead atoms. The van der Waals surface area contributed by atoms with Gasteiger partial charge >= 0.3 is 5.97 Å². The Bertz CT molecular complexity index is 517. The van der Waals surface area contributed by atoms with Crippen LogP contribution < -0.4 is 10.6 Å². The highest BCUT2D eigenvalue weighted by atomic mass is 32.2. The van der Waals surface area contributed by atoms with Crippen molar-refractivity contribution < 1.29 is 19.8 Å². The van der Waals surface area contributed by atoms with Gasteiger partial charge in [0.1, 0.15) is 5.37 Å². The molecule has 4 N–H and O–H groups in total. The highest BCUT2D eigenvalue weighted by molar-refractivity contribution is 8.23. The zero-order valence-corrected chi connectivity index (χ0v) is 13.7.